The number of carbonyl (C=O) groups is 3. The van der Waals surface area contributed by atoms with Crippen molar-refractivity contribution in [3.63, 3.8) is 0 Å². The van der Waals surface area contributed by atoms with Gasteiger partial charge in [0.05, 0.1) is 6.04 Å². The van der Waals surface area contributed by atoms with Gasteiger partial charge in [-0.3, -0.25) is 19.3 Å². The molecule has 2 unspecified atom stereocenters. The van der Waals surface area contributed by atoms with Crippen molar-refractivity contribution in [3.05, 3.63) is 11.6 Å². The minimum Gasteiger partial charge on any atom is -0.343 e. The van der Waals surface area contributed by atoms with Crippen LogP contribution in [0.3, 0.4) is 0 Å². The third kappa shape index (κ3) is 5.56. The minimum atomic E-state index is -0.562. The van der Waals surface area contributed by atoms with E-state index in [1.54, 1.807) is 24.9 Å². The largest absolute Gasteiger partial charge is 0.343 e. The number of piperidine rings is 1. The van der Waals surface area contributed by atoms with Gasteiger partial charge >= 0.3 is 0 Å². The van der Waals surface area contributed by atoms with Gasteiger partial charge in [0, 0.05) is 32.3 Å². The van der Waals surface area contributed by atoms with Gasteiger partial charge < -0.3 is 15.1 Å². The van der Waals surface area contributed by atoms with Gasteiger partial charge in [0.2, 0.25) is 17.7 Å². The molecule has 2 rings (SSSR count). The zero-order valence-corrected chi connectivity index (χ0v) is 18.0. The molecule has 28 heavy (non-hydrogen) atoms. The number of rotatable bonds is 7. The first-order chi connectivity index (χ1) is 13.2. The van der Waals surface area contributed by atoms with Crippen molar-refractivity contribution in [3.8, 4) is 0 Å². The number of carbonyl (C=O) groups excluding carboxylic acids is 3. The fourth-order valence-corrected chi connectivity index (χ4v) is 3.63. The van der Waals surface area contributed by atoms with Crippen molar-refractivity contribution in [2.75, 3.05) is 40.3 Å². The van der Waals surface area contributed by atoms with Gasteiger partial charge in [-0.05, 0) is 45.7 Å². The molecule has 7 heteroatoms. The maximum absolute atomic E-state index is 12.9. The molecular formula is C21H36N4O3. The summed E-state index contributed by atoms with van der Waals surface area (Å²) in [5.74, 6) is -0.161. The van der Waals surface area contributed by atoms with Crippen LogP contribution in [-0.4, -0.2) is 84.8 Å². The molecule has 0 aromatic rings. The maximum atomic E-state index is 12.9. The highest BCUT2D eigenvalue weighted by Crippen LogP contribution is 2.16. The molecular weight excluding hydrogens is 356 g/mol. The van der Waals surface area contributed by atoms with E-state index in [9.17, 15) is 14.4 Å². The molecule has 0 aromatic carbocycles. The Bertz CT molecular complexity index is 613. The summed E-state index contributed by atoms with van der Waals surface area (Å²) >= 11 is 0. The van der Waals surface area contributed by atoms with E-state index >= 15 is 0 Å². The molecule has 1 N–H and O–H groups in total. The van der Waals surface area contributed by atoms with Gasteiger partial charge in [0.15, 0.2) is 0 Å². The van der Waals surface area contributed by atoms with E-state index in [1.165, 1.54) is 0 Å². The Morgan fingerprint density at radius 1 is 1.14 bits per heavy atom. The van der Waals surface area contributed by atoms with Crippen LogP contribution in [0, 0.1) is 5.92 Å². The average molecular weight is 393 g/mol. The summed E-state index contributed by atoms with van der Waals surface area (Å²) in [6.45, 7) is 8.57. The number of nitrogens with zero attached hydrogens (tertiary/aromatic N) is 3. The Kier molecular flexibility index (Phi) is 8.04. The van der Waals surface area contributed by atoms with E-state index in [0.717, 1.165) is 45.3 Å². The summed E-state index contributed by atoms with van der Waals surface area (Å²) in [7, 11) is 3.68. The number of likely N-dealkylation sites (tertiary alicyclic amines) is 2. The van der Waals surface area contributed by atoms with Gasteiger partial charge in [0.1, 0.15) is 6.04 Å². The van der Waals surface area contributed by atoms with E-state index in [-0.39, 0.29) is 29.7 Å². The lowest BCUT2D eigenvalue weighted by molar-refractivity contribution is -0.138. The minimum absolute atomic E-state index is 0.0133. The van der Waals surface area contributed by atoms with Gasteiger partial charge in [-0.25, -0.2) is 0 Å². The van der Waals surface area contributed by atoms with Crippen LogP contribution in [0.15, 0.2) is 11.6 Å². The smallest absolute Gasteiger partial charge is 0.249 e. The first-order valence-corrected chi connectivity index (χ1v) is 10.4. The van der Waals surface area contributed by atoms with E-state index in [4.69, 9.17) is 0 Å². The SMILES string of the molecule is C/C(=C\CN(C)C(=O)C(NC(=O)C1CCCCN1C)C(C)C)C(=O)N1CCC1. The van der Waals surface area contributed by atoms with Crippen LogP contribution in [-0.2, 0) is 14.4 Å². The second kappa shape index (κ2) is 10.0. The van der Waals surface area contributed by atoms with E-state index in [1.807, 2.05) is 25.8 Å². The molecule has 0 saturated carbocycles. The highest BCUT2D eigenvalue weighted by Gasteiger charge is 2.32. The first-order valence-electron chi connectivity index (χ1n) is 10.4. The second-order valence-electron chi connectivity index (χ2n) is 8.47. The second-order valence-corrected chi connectivity index (χ2v) is 8.47. The Labute approximate surface area is 169 Å². The van der Waals surface area contributed by atoms with Gasteiger partial charge in [-0.2, -0.15) is 0 Å². The van der Waals surface area contributed by atoms with Crippen LogP contribution < -0.4 is 5.32 Å². The zero-order chi connectivity index (χ0) is 20.8. The number of hydrogen-bond donors (Lipinski definition) is 1. The molecule has 2 fully saturated rings. The highest BCUT2D eigenvalue weighted by molar-refractivity contribution is 5.93. The van der Waals surface area contributed by atoms with Crippen molar-refractivity contribution in [2.45, 2.75) is 58.5 Å². The molecule has 2 saturated heterocycles. The molecule has 3 amide bonds. The monoisotopic (exact) mass is 392 g/mol. The quantitative estimate of drug-likeness (QED) is 0.662. The van der Waals surface area contributed by atoms with E-state index in [2.05, 4.69) is 10.2 Å². The summed E-state index contributed by atoms with van der Waals surface area (Å²) in [6, 6.07) is -0.725. The number of nitrogens with one attached hydrogen (secondary N) is 1. The molecule has 0 spiro atoms. The molecule has 0 bridgehead atoms. The highest BCUT2D eigenvalue weighted by atomic mass is 16.2. The Morgan fingerprint density at radius 3 is 2.36 bits per heavy atom. The van der Waals surface area contributed by atoms with Gasteiger partial charge in [-0.15, -0.1) is 0 Å². The normalized spacial score (nSPS) is 21.9. The third-order valence-electron chi connectivity index (χ3n) is 5.83. The lowest BCUT2D eigenvalue weighted by Crippen LogP contribution is -2.56. The lowest BCUT2D eigenvalue weighted by Gasteiger charge is -2.34. The molecule has 0 aliphatic carbocycles. The van der Waals surface area contributed by atoms with Crippen LogP contribution in [0.5, 0.6) is 0 Å². The van der Waals surface area contributed by atoms with E-state index < -0.39 is 6.04 Å². The van der Waals surface area contributed by atoms with Crippen LogP contribution in [0.1, 0.15) is 46.5 Å². The molecule has 2 heterocycles. The lowest BCUT2D eigenvalue weighted by atomic mass is 9.99. The molecule has 2 aliphatic rings. The Morgan fingerprint density at radius 2 is 1.82 bits per heavy atom. The Balaban J connectivity index is 1.94. The number of hydrogen-bond acceptors (Lipinski definition) is 4. The molecule has 7 nitrogen and oxygen atoms in total. The topological polar surface area (TPSA) is 73.0 Å². The standard InChI is InChI=1S/C21H36N4O3/c1-15(2)18(22-19(26)17-9-6-7-11-23(17)4)21(28)24(5)14-10-16(3)20(27)25-12-8-13-25/h10,15,17-18H,6-9,11-14H2,1-5H3,(H,22,26)/b16-10+. The summed E-state index contributed by atoms with van der Waals surface area (Å²) in [5.41, 5.74) is 0.660. The molecule has 2 aliphatic heterocycles. The average Bonchev–Trinajstić information content (AvgIpc) is 2.61. The fourth-order valence-electron chi connectivity index (χ4n) is 3.63. The molecule has 0 radical (unpaired) electrons. The molecule has 0 aromatic heterocycles. The van der Waals surface area contributed by atoms with Crippen molar-refractivity contribution in [1.29, 1.82) is 0 Å². The van der Waals surface area contributed by atoms with E-state index in [0.29, 0.717) is 12.1 Å². The van der Waals surface area contributed by atoms with Crippen molar-refractivity contribution in [1.82, 2.24) is 20.0 Å². The molecule has 158 valence electrons. The summed E-state index contributed by atoms with van der Waals surface area (Å²) in [6.07, 6.45) is 5.84. The Hall–Kier alpha value is -1.89. The number of amides is 3. The third-order valence-corrected chi connectivity index (χ3v) is 5.83. The first kappa shape index (κ1) is 22.4. The van der Waals surface area contributed by atoms with Crippen LogP contribution in [0.2, 0.25) is 0 Å². The summed E-state index contributed by atoms with van der Waals surface area (Å²) < 4.78 is 0. The van der Waals surface area contributed by atoms with Crippen molar-refractivity contribution in [2.24, 2.45) is 5.92 Å². The van der Waals surface area contributed by atoms with Gasteiger partial charge in [0.25, 0.3) is 0 Å². The zero-order valence-electron chi connectivity index (χ0n) is 18.0. The van der Waals surface area contributed by atoms with Gasteiger partial charge in [-0.1, -0.05) is 26.3 Å². The number of likely N-dealkylation sites (N-methyl/N-ethyl adjacent to an activating group) is 2. The van der Waals surface area contributed by atoms with Crippen LogP contribution in [0.4, 0.5) is 0 Å². The van der Waals surface area contributed by atoms with Crippen LogP contribution >= 0.6 is 0 Å². The van der Waals surface area contributed by atoms with Crippen molar-refractivity contribution < 1.29 is 14.4 Å². The predicted octanol–water partition coefficient (Wildman–Crippen LogP) is 1.25. The predicted molar refractivity (Wildman–Crippen MR) is 110 cm³/mol. The maximum Gasteiger partial charge on any atom is 0.249 e. The summed E-state index contributed by atoms with van der Waals surface area (Å²) in [5, 5.41) is 2.98. The van der Waals surface area contributed by atoms with Crippen LogP contribution in [0.25, 0.3) is 0 Å². The fraction of sp³-hybridized carbons (Fsp3) is 0.762. The molecule has 2 atom stereocenters. The summed E-state index contributed by atoms with van der Waals surface area (Å²) in [4.78, 5) is 43.3. The van der Waals surface area contributed by atoms with Crippen molar-refractivity contribution >= 4 is 17.7 Å².